The number of benzene rings is 3. The molecule has 0 unspecified atom stereocenters. The van der Waals surface area contributed by atoms with Gasteiger partial charge in [-0.25, -0.2) is 13.2 Å². The van der Waals surface area contributed by atoms with E-state index in [9.17, 15) is 18.0 Å². The van der Waals surface area contributed by atoms with E-state index in [0.717, 1.165) is 33.7 Å². The number of ether oxygens (including phenoxy) is 1. The van der Waals surface area contributed by atoms with Crippen LogP contribution in [0.15, 0.2) is 70.4 Å². The summed E-state index contributed by atoms with van der Waals surface area (Å²) in [6.07, 6.45) is 2.57. The van der Waals surface area contributed by atoms with Crippen LogP contribution in [-0.4, -0.2) is 31.3 Å². The topological polar surface area (TPSA) is 110 Å². The van der Waals surface area contributed by atoms with Crippen LogP contribution in [0.2, 0.25) is 0 Å². The number of hydrogen-bond acceptors (Lipinski definition) is 5. The van der Waals surface area contributed by atoms with Crippen LogP contribution in [-0.2, 0) is 15.4 Å². The predicted octanol–water partition coefficient (Wildman–Crippen LogP) is 1.14. The molecule has 3 aromatic carbocycles. The van der Waals surface area contributed by atoms with Gasteiger partial charge in [-0.15, -0.1) is 0 Å². The molecule has 0 fully saturated rings. The molecule has 0 aliphatic heterocycles. The zero-order valence-electron chi connectivity index (χ0n) is 22.2. The number of rotatable bonds is 5. The van der Waals surface area contributed by atoms with Gasteiger partial charge in [0.25, 0.3) is 5.56 Å². The van der Waals surface area contributed by atoms with Crippen molar-refractivity contribution in [1.29, 1.82) is 0 Å². The van der Waals surface area contributed by atoms with Crippen molar-refractivity contribution in [3.8, 4) is 22.6 Å². The van der Waals surface area contributed by atoms with Crippen molar-refractivity contribution in [3.63, 3.8) is 0 Å². The average Bonchev–Trinajstić information content (AvgIpc) is 2.76. The zero-order valence-corrected chi connectivity index (χ0v) is 25.1. The molecule has 0 saturated heterocycles. The van der Waals surface area contributed by atoms with Gasteiger partial charge in [0.1, 0.15) is 5.75 Å². The second kappa shape index (κ2) is 10.6. The van der Waals surface area contributed by atoms with Gasteiger partial charge < -0.3 is 6.16 Å². The third-order valence-corrected chi connectivity index (χ3v) is 6.25. The fourth-order valence-electron chi connectivity index (χ4n) is 4.06. The minimum absolute atomic E-state index is 0. The van der Waals surface area contributed by atoms with Crippen LogP contribution in [0.1, 0.15) is 27.8 Å². The van der Waals surface area contributed by atoms with Crippen molar-refractivity contribution in [2.75, 3.05) is 18.1 Å². The molecule has 0 aliphatic rings. The number of nitrogens with one attached hydrogen (secondary N) is 2. The van der Waals surface area contributed by atoms with Crippen LogP contribution in [0, 0.1) is 0 Å². The van der Waals surface area contributed by atoms with E-state index in [-0.39, 0.29) is 58.2 Å². The molecule has 0 aliphatic carbocycles. The molecule has 0 amide bonds. The standard InChI is InChI=1S/C26H27N3O5S.K.H/c1-26(2,3)22-15-20(29-11-10-23(30)27-25(29)31)14-21(24(22)34-4)18-7-6-17-13-19(28-35(5,32)33)9-8-16(17)12-18;;/h6-15,28H,1-5H3,(H,27,30,31);;/q;+1;-1. The fraction of sp³-hybridized carbons (Fsp3) is 0.231. The maximum atomic E-state index is 12.5. The summed E-state index contributed by atoms with van der Waals surface area (Å²) in [5, 5.41) is 1.78. The van der Waals surface area contributed by atoms with E-state index < -0.39 is 21.3 Å². The molecule has 1 heterocycles. The van der Waals surface area contributed by atoms with Gasteiger partial charge in [-0.1, -0.05) is 39.0 Å². The maximum absolute atomic E-state index is 12.5. The Balaban J connectivity index is 0.00000241. The zero-order chi connectivity index (χ0) is 25.5. The monoisotopic (exact) mass is 533 g/mol. The maximum Gasteiger partial charge on any atom is 1.00 e. The van der Waals surface area contributed by atoms with E-state index in [1.807, 2.05) is 36.4 Å². The molecule has 0 atom stereocenters. The van der Waals surface area contributed by atoms with Crippen molar-refractivity contribution in [2.45, 2.75) is 26.2 Å². The first-order valence-corrected chi connectivity index (χ1v) is 12.8. The number of nitrogens with zero attached hydrogens (tertiary/aromatic N) is 1. The van der Waals surface area contributed by atoms with Gasteiger partial charge in [-0.2, -0.15) is 0 Å². The molecule has 0 radical (unpaired) electrons. The minimum Gasteiger partial charge on any atom is -1.00 e. The molecule has 2 N–H and O–H groups in total. The van der Waals surface area contributed by atoms with Crippen LogP contribution >= 0.6 is 0 Å². The van der Waals surface area contributed by atoms with Crippen molar-refractivity contribution < 1.29 is 66.0 Å². The Morgan fingerprint density at radius 1 is 0.972 bits per heavy atom. The molecule has 184 valence electrons. The number of sulfonamides is 1. The Kier molecular flexibility index (Phi) is 8.39. The molecular weight excluding hydrogens is 505 g/mol. The van der Waals surface area contributed by atoms with E-state index in [4.69, 9.17) is 4.74 Å². The fourth-order valence-corrected chi connectivity index (χ4v) is 4.61. The molecule has 4 rings (SSSR count). The first-order chi connectivity index (χ1) is 16.4. The Morgan fingerprint density at radius 2 is 1.64 bits per heavy atom. The van der Waals surface area contributed by atoms with E-state index in [2.05, 4.69) is 30.5 Å². The summed E-state index contributed by atoms with van der Waals surface area (Å²) < 4.78 is 32.9. The predicted molar refractivity (Wildman–Crippen MR) is 140 cm³/mol. The first-order valence-electron chi connectivity index (χ1n) is 10.9. The number of H-pyrrole nitrogens is 1. The van der Waals surface area contributed by atoms with Crippen LogP contribution < -0.4 is 72.1 Å². The molecule has 4 aromatic rings. The summed E-state index contributed by atoms with van der Waals surface area (Å²) in [5.74, 6) is 0.688. The second-order valence-corrected chi connectivity index (χ2v) is 11.2. The Labute approximate surface area is 253 Å². The average molecular weight is 534 g/mol. The second-order valence-electron chi connectivity index (χ2n) is 9.46. The van der Waals surface area contributed by atoms with Crippen molar-refractivity contribution in [1.82, 2.24) is 9.55 Å². The molecule has 0 spiro atoms. The number of hydrogen-bond donors (Lipinski definition) is 2. The van der Waals surface area contributed by atoms with Crippen LogP contribution in [0.25, 0.3) is 27.6 Å². The molecule has 1 aromatic heterocycles. The van der Waals surface area contributed by atoms with Gasteiger partial charge in [0.05, 0.1) is 19.1 Å². The van der Waals surface area contributed by atoms with Crippen molar-refractivity contribution >= 4 is 26.5 Å². The van der Waals surface area contributed by atoms with Gasteiger partial charge in [0, 0.05) is 29.1 Å². The third kappa shape index (κ3) is 6.19. The first kappa shape index (κ1) is 28.4. The summed E-state index contributed by atoms with van der Waals surface area (Å²) in [4.78, 5) is 26.4. The molecule has 10 heteroatoms. The Bertz CT molecular complexity index is 1670. The summed E-state index contributed by atoms with van der Waals surface area (Å²) in [5.41, 5.74) is 2.34. The van der Waals surface area contributed by atoms with Gasteiger partial charge in [0.2, 0.25) is 10.0 Å². The summed E-state index contributed by atoms with van der Waals surface area (Å²) in [7, 11) is -1.76. The SMILES string of the molecule is COc1c(-c2ccc3cc(NS(C)(=O)=O)ccc3c2)cc(-n2ccc(=O)[nH]c2=O)cc1C(C)(C)C.[H-].[K+]. The summed E-state index contributed by atoms with van der Waals surface area (Å²) in [6, 6.07) is 16.2. The smallest absolute Gasteiger partial charge is 1.00 e. The third-order valence-electron chi connectivity index (χ3n) is 5.64. The molecule has 0 bridgehead atoms. The van der Waals surface area contributed by atoms with E-state index in [1.54, 1.807) is 19.2 Å². The van der Waals surface area contributed by atoms with Crippen LogP contribution in [0.3, 0.4) is 0 Å². The number of methoxy groups -OCH3 is 1. The quantitative estimate of drug-likeness (QED) is 0.374. The largest absolute Gasteiger partial charge is 1.00 e. The number of anilines is 1. The molecular formula is C26H28KN3O5S. The summed E-state index contributed by atoms with van der Waals surface area (Å²) >= 11 is 0. The van der Waals surface area contributed by atoms with Crippen molar-refractivity contribution in [3.05, 3.63) is 87.2 Å². The molecule has 36 heavy (non-hydrogen) atoms. The van der Waals surface area contributed by atoms with E-state index in [1.165, 1.54) is 16.8 Å². The number of aromatic nitrogens is 2. The van der Waals surface area contributed by atoms with Crippen LogP contribution in [0.4, 0.5) is 5.69 Å². The molecule has 0 saturated carbocycles. The summed E-state index contributed by atoms with van der Waals surface area (Å²) in [6.45, 7) is 6.18. The van der Waals surface area contributed by atoms with Gasteiger partial charge in [-0.05, 0) is 52.1 Å². The van der Waals surface area contributed by atoms with Gasteiger partial charge in [-0.3, -0.25) is 19.1 Å². The Morgan fingerprint density at radius 3 is 2.25 bits per heavy atom. The van der Waals surface area contributed by atoms with E-state index in [0.29, 0.717) is 17.1 Å². The molecule has 8 nitrogen and oxygen atoms in total. The van der Waals surface area contributed by atoms with Gasteiger partial charge in [0.15, 0.2) is 0 Å². The van der Waals surface area contributed by atoms with E-state index >= 15 is 0 Å². The number of aromatic amines is 1. The normalized spacial score (nSPS) is 11.7. The number of fused-ring (bicyclic) bond motifs is 1. The van der Waals surface area contributed by atoms with Crippen molar-refractivity contribution in [2.24, 2.45) is 0 Å². The van der Waals surface area contributed by atoms with Crippen LogP contribution in [0.5, 0.6) is 5.75 Å². The Hall–Kier alpha value is -2.21. The van der Waals surface area contributed by atoms with Gasteiger partial charge >= 0.3 is 57.1 Å². The minimum atomic E-state index is -3.38.